The molecule has 0 radical (unpaired) electrons. The van der Waals surface area contributed by atoms with Gasteiger partial charge in [0.2, 0.25) is 10.0 Å². The van der Waals surface area contributed by atoms with Crippen molar-refractivity contribution in [1.29, 1.82) is 0 Å². The standard InChI is InChI=1S/C18H21N3O2S2/c1-20(2)25(22,23)15-8-6-7-14(11-15)12-21(3)13-18-19-16-9-4-5-10-17(16)24-18/h4-11H,12-13H2,1-3H3. The molecule has 0 amide bonds. The fraction of sp³-hybridized carbons (Fsp3) is 0.278. The van der Waals surface area contributed by atoms with E-state index in [1.165, 1.54) is 9.01 Å². The van der Waals surface area contributed by atoms with Crippen molar-refractivity contribution >= 4 is 31.6 Å². The SMILES string of the molecule is CN(Cc1cccc(S(=O)(=O)N(C)C)c1)Cc1nc2ccccc2s1. The van der Waals surface area contributed by atoms with Gasteiger partial charge in [-0.15, -0.1) is 11.3 Å². The summed E-state index contributed by atoms with van der Waals surface area (Å²) in [6.45, 7) is 1.39. The van der Waals surface area contributed by atoms with Gasteiger partial charge in [0.1, 0.15) is 5.01 Å². The normalized spacial score (nSPS) is 12.4. The van der Waals surface area contributed by atoms with Crippen LogP contribution < -0.4 is 0 Å². The molecule has 1 aromatic heterocycles. The first kappa shape index (κ1) is 18.0. The number of hydrogen-bond donors (Lipinski definition) is 0. The molecular weight excluding hydrogens is 354 g/mol. The highest BCUT2D eigenvalue weighted by atomic mass is 32.2. The van der Waals surface area contributed by atoms with E-state index in [1.54, 1.807) is 43.6 Å². The molecule has 0 N–H and O–H groups in total. The molecule has 132 valence electrons. The molecule has 2 aromatic carbocycles. The lowest BCUT2D eigenvalue weighted by molar-refractivity contribution is 0.318. The molecule has 0 aliphatic rings. The van der Waals surface area contributed by atoms with Gasteiger partial charge in [0.05, 0.1) is 21.7 Å². The van der Waals surface area contributed by atoms with Crippen molar-refractivity contribution in [3.8, 4) is 0 Å². The van der Waals surface area contributed by atoms with E-state index in [0.29, 0.717) is 11.4 Å². The molecule has 0 spiro atoms. The molecule has 0 aliphatic heterocycles. The first-order valence-electron chi connectivity index (χ1n) is 7.91. The van der Waals surface area contributed by atoms with Crippen molar-refractivity contribution in [2.24, 2.45) is 0 Å². The van der Waals surface area contributed by atoms with Crippen LogP contribution in [0.4, 0.5) is 0 Å². The molecule has 7 heteroatoms. The number of sulfonamides is 1. The molecule has 0 bridgehead atoms. The monoisotopic (exact) mass is 375 g/mol. The summed E-state index contributed by atoms with van der Waals surface area (Å²) in [7, 11) is 1.69. The van der Waals surface area contributed by atoms with Gasteiger partial charge in [-0.25, -0.2) is 17.7 Å². The van der Waals surface area contributed by atoms with Gasteiger partial charge >= 0.3 is 0 Å². The zero-order valence-corrected chi connectivity index (χ0v) is 16.1. The molecule has 0 aliphatic carbocycles. The summed E-state index contributed by atoms with van der Waals surface area (Å²) in [6.07, 6.45) is 0. The number of hydrogen-bond acceptors (Lipinski definition) is 5. The summed E-state index contributed by atoms with van der Waals surface area (Å²) in [5, 5.41) is 1.06. The van der Waals surface area contributed by atoms with Gasteiger partial charge in [-0.05, 0) is 36.9 Å². The van der Waals surface area contributed by atoms with E-state index < -0.39 is 10.0 Å². The maximum absolute atomic E-state index is 12.3. The van der Waals surface area contributed by atoms with Gasteiger partial charge in [-0.3, -0.25) is 4.90 Å². The summed E-state index contributed by atoms with van der Waals surface area (Å²) in [6, 6.07) is 15.2. The van der Waals surface area contributed by atoms with E-state index in [-0.39, 0.29) is 0 Å². The lowest BCUT2D eigenvalue weighted by Crippen LogP contribution is -2.22. The van der Waals surface area contributed by atoms with Crippen molar-refractivity contribution in [2.75, 3.05) is 21.1 Å². The first-order valence-corrected chi connectivity index (χ1v) is 10.2. The van der Waals surface area contributed by atoms with Crippen LogP contribution in [0.3, 0.4) is 0 Å². The van der Waals surface area contributed by atoms with Crippen LogP contribution in [0.2, 0.25) is 0 Å². The maximum Gasteiger partial charge on any atom is 0.242 e. The Kier molecular flexibility index (Phi) is 5.19. The van der Waals surface area contributed by atoms with Gasteiger partial charge < -0.3 is 0 Å². The molecule has 0 saturated carbocycles. The van der Waals surface area contributed by atoms with Crippen molar-refractivity contribution < 1.29 is 8.42 Å². The molecule has 0 fully saturated rings. The summed E-state index contributed by atoms with van der Waals surface area (Å²) < 4.78 is 26.9. The Morgan fingerprint density at radius 3 is 2.48 bits per heavy atom. The van der Waals surface area contributed by atoms with E-state index >= 15 is 0 Å². The van der Waals surface area contributed by atoms with Gasteiger partial charge in [0.25, 0.3) is 0 Å². The third-order valence-corrected chi connectivity index (χ3v) is 6.71. The zero-order valence-electron chi connectivity index (χ0n) is 14.5. The second-order valence-electron chi connectivity index (χ2n) is 6.18. The third-order valence-electron chi connectivity index (χ3n) is 3.87. The quantitative estimate of drug-likeness (QED) is 0.664. The Bertz CT molecular complexity index is 948. The molecular formula is C18H21N3O2S2. The fourth-order valence-corrected chi connectivity index (χ4v) is 4.62. The Hall–Kier alpha value is -1.80. The number of thiazole rings is 1. The molecule has 3 aromatic rings. The lowest BCUT2D eigenvalue weighted by Gasteiger charge is -2.16. The van der Waals surface area contributed by atoms with Gasteiger partial charge in [-0.2, -0.15) is 0 Å². The predicted molar refractivity (Wildman–Crippen MR) is 102 cm³/mol. The number of aromatic nitrogens is 1. The smallest absolute Gasteiger partial charge is 0.242 e. The minimum atomic E-state index is -3.41. The van der Waals surface area contributed by atoms with Crippen molar-refractivity contribution in [1.82, 2.24) is 14.2 Å². The van der Waals surface area contributed by atoms with Crippen molar-refractivity contribution in [3.63, 3.8) is 0 Å². The van der Waals surface area contributed by atoms with Crippen LogP contribution in [-0.4, -0.2) is 43.7 Å². The number of para-hydroxylation sites is 1. The minimum Gasteiger partial charge on any atom is -0.295 e. The largest absolute Gasteiger partial charge is 0.295 e. The van der Waals surface area contributed by atoms with Crippen LogP contribution in [0.15, 0.2) is 53.4 Å². The van der Waals surface area contributed by atoms with E-state index in [4.69, 9.17) is 0 Å². The number of rotatable bonds is 6. The van der Waals surface area contributed by atoms with Crippen LogP contribution in [0.5, 0.6) is 0 Å². The van der Waals surface area contributed by atoms with Crippen molar-refractivity contribution in [2.45, 2.75) is 18.0 Å². The maximum atomic E-state index is 12.3. The Labute approximate surface area is 152 Å². The number of benzene rings is 2. The predicted octanol–water partition coefficient (Wildman–Crippen LogP) is 3.18. The van der Waals surface area contributed by atoms with E-state index in [1.807, 2.05) is 31.3 Å². The second-order valence-corrected chi connectivity index (χ2v) is 9.45. The average Bonchev–Trinajstić information content (AvgIpc) is 2.96. The third kappa shape index (κ3) is 4.07. The Morgan fingerprint density at radius 1 is 1.00 bits per heavy atom. The summed E-state index contributed by atoms with van der Waals surface area (Å²) >= 11 is 1.69. The summed E-state index contributed by atoms with van der Waals surface area (Å²) in [5.74, 6) is 0. The van der Waals surface area contributed by atoms with Crippen LogP contribution in [-0.2, 0) is 23.1 Å². The lowest BCUT2D eigenvalue weighted by atomic mass is 10.2. The molecule has 0 saturated heterocycles. The number of nitrogens with zero attached hydrogens (tertiary/aromatic N) is 3. The number of fused-ring (bicyclic) bond motifs is 1. The molecule has 0 atom stereocenters. The Morgan fingerprint density at radius 2 is 1.76 bits per heavy atom. The van der Waals surface area contributed by atoms with Gasteiger partial charge in [0.15, 0.2) is 0 Å². The fourth-order valence-electron chi connectivity index (χ4n) is 2.60. The average molecular weight is 376 g/mol. The van der Waals surface area contributed by atoms with E-state index in [9.17, 15) is 8.42 Å². The van der Waals surface area contributed by atoms with Crippen molar-refractivity contribution in [3.05, 3.63) is 59.1 Å². The molecule has 5 nitrogen and oxygen atoms in total. The van der Waals surface area contributed by atoms with Crippen LogP contribution >= 0.6 is 11.3 Å². The van der Waals surface area contributed by atoms with Gasteiger partial charge in [0, 0.05) is 20.6 Å². The highest BCUT2D eigenvalue weighted by molar-refractivity contribution is 7.89. The second kappa shape index (κ2) is 7.21. The van der Waals surface area contributed by atoms with Crippen LogP contribution in [0.25, 0.3) is 10.2 Å². The Balaban J connectivity index is 1.73. The molecule has 25 heavy (non-hydrogen) atoms. The van der Waals surface area contributed by atoms with Crippen LogP contribution in [0.1, 0.15) is 10.6 Å². The topological polar surface area (TPSA) is 53.5 Å². The van der Waals surface area contributed by atoms with E-state index in [0.717, 1.165) is 22.6 Å². The summed E-state index contributed by atoms with van der Waals surface area (Å²) in [5.41, 5.74) is 1.99. The molecule has 1 heterocycles. The first-order chi connectivity index (χ1) is 11.9. The van der Waals surface area contributed by atoms with Gasteiger partial charge in [-0.1, -0.05) is 24.3 Å². The molecule has 3 rings (SSSR count). The zero-order chi connectivity index (χ0) is 18.0. The highest BCUT2D eigenvalue weighted by Crippen LogP contribution is 2.23. The minimum absolute atomic E-state index is 0.323. The highest BCUT2D eigenvalue weighted by Gasteiger charge is 2.17. The molecule has 0 unspecified atom stereocenters. The van der Waals surface area contributed by atoms with Crippen LogP contribution in [0, 0.1) is 0 Å². The summed E-state index contributed by atoms with van der Waals surface area (Å²) in [4.78, 5) is 7.11. The van der Waals surface area contributed by atoms with E-state index in [2.05, 4.69) is 16.0 Å².